The predicted octanol–water partition coefficient (Wildman–Crippen LogP) is 4.12. The molecule has 0 saturated carbocycles. The quantitative estimate of drug-likeness (QED) is 0.717. The van der Waals surface area contributed by atoms with Crippen LogP contribution in [0.2, 0.25) is 10.0 Å². The van der Waals surface area contributed by atoms with Crippen molar-refractivity contribution in [3.8, 4) is 0 Å². The van der Waals surface area contributed by atoms with E-state index in [1.165, 1.54) is 24.3 Å². The maximum Gasteiger partial charge on any atom is 0.164 e. The van der Waals surface area contributed by atoms with Crippen LogP contribution in [0.4, 0.5) is 20.2 Å². The van der Waals surface area contributed by atoms with E-state index in [9.17, 15) is 8.78 Å². The summed E-state index contributed by atoms with van der Waals surface area (Å²) < 4.78 is 24.9. The van der Waals surface area contributed by atoms with E-state index in [1.807, 2.05) is 0 Å². The molecule has 96 valence electrons. The number of benzene rings is 2. The van der Waals surface area contributed by atoms with Gasteiger partial charge >= 0.3 is 0 Å². The Morgan fingerprint density at radius 2 is 1.06 bits per heavy atom. The molecular formula is C12H10Cl2F2N2. The molecule has 2 aromatic rings. The molecule has 0 bridgehead atoms. The summed E-state index contributed by atoms with van der Waals surface area (Å²) in [6, 6.07) is 9.02. The minimum absolute atomic E-state index is 0.0648. The Hall–Kier alpha value is -1.52. The Morgan fingerprint density at radius 3 is 1.28 bits per heavy atom. The molecule has 2 rings (SSSR count). The molecule has 0 radical (unpaired) electrons. The van der Waals surface area contributed by atoms with Gasteiger partial charge in [-0.2, -0.15) is 0 Å². The van der Waals surface area contributed by atoms with Crippen molar-refractivity contribution in [2.45, 2.75) is 0 Å². The minimum atomic E-state index is -0.542. The Balaban J connectivity index is 0.000000180. The fourth-order valence-electron chi connectivity index (χ4n) is 1.04. The highest BCUT2D eigenvalue weighted by atomic mass is 35.5. The number of hydrogen-bond acceptors (Lipinski definition) is 2. The van der Waals surface area contributed by atoms with Crippen LogP contribution in [0.5, 0.6) is 0 Å². The van der Waals surface area contributed by atoms with Gasteiger partial charge in [-0.25, -0.2) is 8.78 Å². The van der Waals surface area contributed by atoms with E-state index in [0.29, 0.717) is 0 Å². The maximum atomic E-state index is 12.5. The zero-order valence-corrected chi connectivity index (χ0v) is 10.6. The molecule has 18 heavy (non-hydrogen) atoms. The number of hydrogen-bond donors (Lipinski definition) is 2. The van der Waals surface area contributed by atoms with Crippen molar-refractivity contribution in [3.05, 3.63) is 58.1 Å². The Bertz CT molecular complexity index is 458. The van der Waals surface area contributed by atoms with Crippen LogP contribution in [0.3, 0.4) is 0 Å². The molecule has 6 heteroatoms. The van der Waals surface area contributed by atoms with Gasteiger partial charge in [-0.3, -0.25) is 0 Å². The maximum absolute atomic E-state index is 12.5. The molecule has 2 nitrogen and oxygen atoms in total. The highest BCUT2D eigenvalue weighted by Crippen LogP contribution is 2.19. The fraction of sp³-hybridized carbons (Fsp3) is 0. The summed E-state index contributed by atoms with van der Waals surface area (Å²) >= 11 is 10.7. The van der Waals surface area contributed by atoms with Crippen molar-refractivity contribution in [3.63, 3.8) is 0 Å². The van der Waals surface area contributed by atoms with E-state index >= 15 is 0 Å². The molecule has 2 aromatic carbocycles. The van der Waals surface area contributed by atoms with Crippen LogP contribution in [0.15, 0.2) is 36.4 Å². The molecule has 0 saturated heterocycles. The second-order valence-electron chi connectivity index (χ2n) is 3.29. The first kappa shape index (κ1) is 14.5. The van der Waals surface area contributed by atoms with Gasteiger partial charge in [0.05, 0.1) is 21.4 Å². The molecule has 0 atom stereocenters. The van der Waals surface area contributed by atoms with Crippen LogP contribution in [0.25, 0.3) is 0 Å². The SMILES string of the molecule is Nc1cccc(Cl)c1F.Nc1cccc(Cl)c1F. The van der Waals surface area contributed by atoms with Crippen LogP contribution in [0.1, 0.15) is 0 Å². The third kappa shape index (κ3) is 3.75. The predicted molar refractivity (Wildman–Crippen MR) is 71.6 cm³/mol. The lowest BCUT2D eigenvalue weighted by atomic mass is 10.3. The molecule has 0 unspecified atom stereocenters. The summed E-state index contributed by atoms with van der Waals surface area (Å²) in [6.07, 6.45) is 0. The summed E-state index contributed by atoms with van der Waals surface area (Å²) in [5.74, 6) is -1.08. The molecule has 0 aromatic heterocycles. The first-order valence-corrected chi connectivity index (χ1v) is 5.58. The van der Waals surface area contributed by atoms with Crippen LogP contribution in [-0.4, -0.2) is 0 Å². The molecule has 0 heterocycles. The van der Waals surface area contributed by atoms with Crippen LogP contribution >= 0.6 is 23.2 Å². The van der Waals surface area contributed by atoms with Crippen molar-refractivity contribution in [1.29, 1.82) is 0 Å². The summed E-state index contributed by atoms with van der Waals surface area (Å²) in [4.78, 5) is 0. The molecule has 0 aliphatic carbocycles. The van der Waals surface area contributed by atoms with Gasteiger partial charge in [0.15, 0.2) is 11.6 Å². The van der Waals surface area contributed by atoms with E-state index in [1.54, 1.807) is 12.1 Å². The van der Waals surface area contributed by atoms with E-state index in [4.69, 9.17) is 34.7 Å². The smallest absolute Gasteiger partial charge is 0.164 e. The molecule has 4 N–H and O–H groups in total. The molecule has 0 fully saturated rings. The van der Waals surface area contributed by atoms with Crippen LogP contribution in [0, 0.1) is 11.6 Å². The average molecular weight is 291 g/mol. The van der Waals surface area contributed by atoms with Gasteiger partial charge in [0, 0.05) is 0 Å². The van der Waals surface area contributed by atoms with E-state index < -0.39 is 11.6 Å². The average Bonchev–Trinajstić information content (AvgIpc) is 2.34. The topological polar surface area (TPSA) is 52.0 Å². The van der Waals surface area contributed by atoms with Gasteiger partial charge in [-0.15, -0.1) is 0 Å². The fourth-order valence-corrected chi connectivity index (χ4v) is 1.40. The zero-order chi connectivity index (χ0) is 13.7. The second kappa shape index (κ2) is 6.42. The summed E-state index contributed by atoms with van der Waals surface area (Å²) in [6.45, 7) is 0. The second-order valence-corrected chi connectivity index (χ2v) is 4.10. The van der Waals surface area contributed by atoms with Gasteiger partial charge < -0.3 is 11.5 Å². The minimum Gasteiger partial charge on any atom is -0.396 e. The summed E-state index contributed by atoms with van der Waals surface area (Å²) in [5.41, 5.74) is 10.5. The van der Waals surface area contributed by atoms with Gasteiger partial charge in [-0.05, 0) is 24.3 Å². The monoisotopic (exact) mass is 290 g/mol. The number of nitrogens with two attached hydrogens (primary N) is 2. The van der Waals surface area contributed by atoms with Crippen molar-refractivity contribution < 1.29 is 8.78 Å². The van der Waals surface area contributed by atoms with Gasteiger partial charge in [-0.1, -0.05) is 35.3 Å². The highest BCUT2D eigenvalue weighted by Gasteiger charge is 2.00. The third-order valence-electron chi connectivity index (χ3n) is 1.96. The normalized spacial score (nSPS) is 9.56. The number of anilines is 2. The standard InChI is InChI=1S/2C6H5ClFN/c2*7-4-2-1-3-5(9)6(4)8/h2*1-3H,9H2. The number of rotatable bonds is 0. The van der Waals surface area contributed by atoms with E-state index in [0.717, 1.165) is 0 Å². The van der Waals surface area contributed by atoms with E-state index in [-0.39, 0.29) is 21.4 Å². The van der Waals surface area contributed by atoms with Crippen molar-refractivity contribution in [2.24, 2.45) is 0 Å². The van der Waals surface area contributed by atoms with Crippen molar-refractivity contribution >= 4 is 34.6 Å². The van der Waals surface area contributed by atoms with Gasteiger partial charge in [0.1, 0.15) is 0 Å². The van der Waals surface area contributed by atoms with Crippen LogP contribution in [-0.2, 0) is 0 Å². The number of halogens is 4. The summed E-state index contributed by atoms with van der Waals surface area (Å²) in [5, 5.41) is 0.130. The molecule has 0 aliphatic rings. The molecule has 0 amide bonds. The van der Waals surface area contributed by atoms with Crippen molar-refractivity contribution in [1.82, 2.24) is 0 Å². The van der Waals surface area contributed by atoms with Crippen molar-refractivity contribution in [2.75, 3.05) is 11.5 Å². The first-order valence-electron chi connectivity index (χ1n) is 4.82. The van der Waals surface area contributed by atoms with Gasteiger partial charge in [0.2, 0.25) is 0 Å². The highest BCUT2D eigenvalue weighted by molar-refractivity contribution is 6.31. The largest absolute Gasteiger partial charge is 0.396 e. The Kier molecular flexibility index (Phi) is 5.19. The third-order valence-corrected chi connectivity index (χ3v) is 2.55. The lowest BCUT2D eigenvalue weighted by Crippen LogP contribution is -1.89. The zero-order valence-electron chi connectivity index (χ0n) is 9.13. The molecular weight excluding hydrogens is 281 g/mol. The lowest BCUT2D eigenvalue weighted by molar-refractivity contribution is 0.632. The first-order chi connectivity index (χ1) is 8.43. The van der Waals surface area contributed by atoms with Crippen LogP contribution < -0.4 is 11.5 Å². The van der Waals surface area contributed by atoms with E-state index in [2.05, 4.69) is 0 Å². The molecule has 0 spiro atoms. The molecule has 0 aliphatic heterocycles. The summed E-state index contributed by atoms with van der Waals surface area (Å²) in [7, 11) is 0. The lowest BCUT2D eigenvalue weighted by Gasteiger charge is -1.94. The number of nitrogen functional groups attached to an aromatic ring is 2. The Labute approximate surface area is 113 Å². The Morgan fingerprint density at radius 1 is 0.722 bits per heavy atom. The van der Waals surface area contributed by atoms with Gasteiger partial charge in [0.25, 0.3) is 0 Å².